The van der Waals surface area contributed by atoms with E-state index in [1.54, 1.807) is 19.2 Å². The first-order valence-corrected chi connectivity index (χ1v) is 7.86. The molecule has 0 spiro atoms. The highest BCUT2D eigenvalue weighted by atomic mass is 32.2. The summed E-state index contributed by atoms with van der Waals surface area (Å²) < 4.78 is 25.9. The fourth-order valence-electron chi connectivity index (χ4n) is 1.71. The average Bonchev–Trinajstić information content (AvgIpc) is 2.93. The molecule has 0 radical (unpaired) electrons. The van der Waals surface area contributed by atoms with Crippen LogP contribution in [0.5, 0.6) is 0 Å². The summed E-state index contributed by atoms with van der Waals surface area (Å²) in [5.41, 5.74) is -0.608. The minimum absolute atomic E-state index is 0.155. The Balaban J connectivity index is 2.14. The van der Waals surface area contributed by atoms with E-state index in [0.717, 1.165) is 12.8 Å². The third-order valence-corrected chi connectivity index (χ3v) is 5.38. The minimum Gasteiger partial charge on any atom is -0.273 e. The molecule has 0 aromatic carbocycles. The Labute approximate surface area is 105 Å². The molecule has 0 aliphatic heterocycles. The second-order valence-corrected chi connectivity index (χ2v) is 7.35. The van der Waals surface area contributed by atoms with Gasteiger partial charge in [0.2, 0.25) is 5.91 Å². The zero-order chi connectivity index (χ0) is 12.7. The number of amides is 1. The summed E-state index contributed by atoms with van der Waals surface area (Å²) in [7, 11) is -3.69. The molecule has 0 saturated heterocycles. The second kappa shape index (κ2) is 4.10. The third-order valence-electron chi connectivity index (χ3n) is 3.22. The lowest BCUT2D eigenvalue weighted by Crippen LogP contribution is -2.41. The van der Waals surface area contributed by atoms with Crippen LogP contribution in [0.2, 0.25) is 0 Å². The van der Waals surface area contributed by atoms with Crippen molar-refractivity contribution in [3.05, 3.63) is 16.8 Å². The van der Waals surface area contributed by atoms with E-state index in [2.05, 4.69) is 4.72 Å². The fraction of sp³-hybridized carbons (Fsp3) is 0.545. The lowest BCUT2D eigenvalue weighted by atomic mass is 9.87. The van der Waals surface area contributed by atoms with Crippen LogP contribution in [-0.4, -0.2) is 14.3 Å². The van der Waals surface area contributed by atoms with Crippen molar-refractivity contribution in [2.24, 2.45) is 11.3 Å². The van der Waals surface area contributed by atoms with Gasteiger partial charge in [-0.1, -0.05) is 13.8 Å². The predicted octanol–water partition coefficient (Wildman–Crippen LogP) is 1.99. The Morgan fingerprint density at radius 2 is 2.12 bits per heavy atom. The van der Waals surface area contributed by atoms with E-state index in [0.29, 0.717) is 5.92 Å². The molecule has 4 nitrogen and oxygen atoms in total. The molecule has 0 bridgehead atoms. The van der Waals surface area contributed by atoms with E-state index < -0.39 is 21.3 Å². The van der Waals surface area contributed by atoms with Crippen LogP contribution in [0, 0.1) is 11.3 Å². The number of hydrogen-bond acceptors (Lipinski definition) is 4. The molecule has 2 rings (SSSR count). The lowest BCUT2D eigenvalue weighted by Gasteiger charge is -2.22. The van der Waals surface area contributed by atoms with E-state index >= 15 is 0 Å². The molecule has 1 aromatic heterocycles. The molecule has 1 aliphatic rings. The molecule has 1 heterocycles. The van der Waals surface area contributed by atoms with Crippen molar-refractivity contribution in [3.63, 3.8) is 0 Å². The highest BCUT2D eigenvalue weighted by Gasteiger charge is 2.44. The van der Waals surface area contributed by atoms with Gasteiger partial charge in [-0.05, 0) is 30.2 Å². The van der Waals surface area contributed by atoms with Crippen molar-refractivity contribution in [2.45, 2.75) is 31.6 Å². The van der Waals surface area contributed by atoms with Gasteiger partial charge in [0.15, 0.2) is 0 Å². The maximum atomic E-state index is 12.0. The molecule has 1 saturated carbocycles. The molecule has 0 unspecified atom stereocenters. The molecule has 0 atom stereocenters. The summed E-state index contributed by atoms with van der Waals surface area (Å²) in [6, 6.07) is 1.49. The summed E-state index contributed by atoms with van der Waals surface area (Å²) in [6.07, 6.45) is 2.00. The summed E-state index contributed by atoms with van der Waals surface area (Å²) in [5.74, 6) is -0.105. The van der Waals surface area contributed by atoms with Gasteiger partial charge in [-0.25, -0.2) is 13.1 Å². The highest BCUT2D eigenvalue weighted by Crippen LogP contribution is 2.45. The van der Waals surface area contributed by atoms with Gasteiger partial charge in [-0.15, -0.1) is 0 Å². The van der Waals surface area contributed by atoms with Crippen molar-refractivity contribution in [1.29, 1.82) is 0 Å². The number of thiophene rings is 1. The minimum atomic E-state index is -3.69. The molecular weight excluding hydrogens is 258 g/mol. The Kier molecular flexibility index (Phi) is 3.03. The van der Waals surface area contributed by atoms with E-state index in [-0.39, 0.29) is 4.90 Å². The molecule has 6 heteroatoms. The van der Waals surface area contributed by atoms with Crippen LogP contribution in [0.15, 0.2) is 21.7 Å². The van der Waals surface area contributed by atoms with Gasteiger partial charge in [0.25, 0.3) is 10.0 Å². The molecule has 1 fully saturated rings. The quantitative estimate of drug-likeness (QED) is 0.912. The third kappa shape index (κ3) is 2.52. The highest BCUT2D eigenvalue weighted by molar-refractivity contribution is 7.90. The van der Waals surface area contributed by atoms with E-state index in [1.165, 1.54) is 22.8 Å². The van der Waals surface area contributed by atoms with Crippen LogP contribution in [0.25, 0.3) is 0 Å². The smallest absolute Gasteiger partial charge is 0.264 e. The zero-order valence-electron chi connectivity index (χ0n) is 9.76. The van der Waals surface area contributed by atoms with E-state index in [4.69, 9.17) is 0 Å². The second-order valence-electron chi connectivity index (χ2n) is 4.89. The normalized spacial score (nSPS) is 16.8. The first-order valence-electron chi connectivity index (χ1n) is 5.43. The number of rotatable bonds is 4. The number of carbonyl (C=O) groups is 1. The van der Waals surface area contributed by atoms with E-state index in [9.17, 15) is 13.2 Å². The Morgan fingerprint density at radius 3 is 2.59 bits per heavy atom. The molecule has 1 aliphatic carbocycles. The van der Waals surface area contributed by atoms with Crippen LogP contribution in [0.3, 0.4) is 0 Å². The summed E-state index contributed by atoms with van der Waals surface area (Å²) in [4.78, 5) is 12.1. The topological polar surface area (TPSA) is 63.2 Å². The van der Waals surface area contributed by atoms with Gasteiger partial charge in [0.1, 0.15) is 0 Å². The largest absolute Gasteiger partial charge is 0.273 e. The molecule has 17 heavy (non-hydrogen) atoms. The van der Waals surface area contributed by atoms with Crippen LogP contribution in [-0.2, 0) is 14.8 Å². The molecular formula is C11H15NO3S2. The van der Waals surface area contributed by atoms with Crippen molar-refractivity contribution >= 4 is 27.3 Å². The molecule has 1 amide bonds. The van der Waals surface area contributed by atoms with Crippen LogP contribution in [0.1, 0.15) is 26.7 Å². The average molecular weight is 273 g/mol. The summed E-state index contributed by atoms with van der Waals surface area (Å²) >= 11 is 1.29. The number of nitrogens with one attached hydrogen (secondary N) is 1. The van der Waals surface area contributed by atoms with Crippen molar-refractivity contribution in [2.75, 3.05) is 0 Å². The summed E-state index contributed by atoms with van der Waals surface area (Å²) in [6.45, 7) is 3.59. The van der Waals surface area contributed by atoms with Crippen LogP contribution in [0.4, 0.5) is 0 Å². The maximum Gasteiger partial charge on any atom is 0.264 e. The fourth-order valence-corrected chi connectivity index (χ4v) is 3.86. The SMILES string of the molecule is CC(C)(C(=O)NS(=O)(=O)c1ccsc1)C1CC1. The van der Waals surface area contributed by atoms with Crippen LogP contribution >= 0.6 is 11.3 Å². The van der Waals surface area contributed by atoms with Gasteiger partial charge < -0.3 is 0 Å². The van der Waals surface area contributed by atoms with E-state index in [1.807, 2.05) is 0 Å². The van der Waals surface area contributed by atoms with Crippen molar-refractivity contribution in [3.8, 4) is 0 Å². The maximum absolute atomic E-state index is 12.0. The number of sulfonamides is 1. The Morgan fingerprint density at radius 1 is 1.47 bits per heavy atom. The lowest BCUT2D eigenvalue weighted by molar-refractivity contribution is -0.128. The van der Waals surface area contributed by atoms with Gasteiger partial charge in [-0.3, -0.25) is 4.79 Å². The molecule has 1 N–H and O–H groups in total. The molecule has 1 aromatic rings. The van der Waals surface area contributed by atoms with Crippen molar-refractivity contribution < 1.29 is 13.2 Å². The standard InChI is InChI=1S/C11H15NO3S2/c1-11(2,8-3-4-8)10(13)12-17(14,15)9-5-6-16-7-9/h5-8H,3-4H2,1-2H3,(H,12,13). The Hall–Kier alpha value is -0.880. The summed E-state index contributed by atoms with van der Waals surface area (Å²) in [5, 5.41) is 3.19. The number of carbonyl (C=O) groups excluding carboxylic acids is 1. The Bertz CT molecular complexity index is 513. The predicted molar refractivity (Wildman–Crippen MR) is 66.2 cm³/mol. The van der Waals surface area contributed by atoms with Gasteiger partial charge in [-0.2, -0.15) is 11.3 Å². The van der Waals surface area contributed by atoms with Gasteiger partial charge in [0, 0.05) is 10.8 Å². The molecule has 94 valence electrons. The van der Waals surface area contributed by atoms with Gasteiger partial charge >= 0.3 is 0 Å². The van der Waals surface area contributed by atoms with Crippen LogP contribution < -0.4 is 4.72 Å². The first-order chi connectivity index (χ1) is 7.84. The zero-order valence-corrected chi connectivity index (χ0v) is 11.4. The van der Waals surface area contributed by atoms with Gasteiger partial charge in [0.05, 0.1) is 4.90 Å². The van der Waals surface area contributed by atoms with Crippen molar-refractivity contribution in [1.82, 2.24) is 4.72 Å². The first kappa shape index (κ1) is 12.6. The number of hydrogen-bond donors (Lipinski definition) is 1. The monoisotopic (exact) mass is 273 g/mol.